The molecule has 1 aromatic carbocycles. The van der Waals surface area contributed by atoms with E-state index in [0.717, 1.165) is 4.90 Å². The number of quaternary nitrogens is 1. The normalized spacial score (nSPS) is 14.8. The van der Waals surface area contributed by atoms with E-state index in [4.69, 9.17) is 4.74 Å². The van der Waals surface area contributed by atoms with E-state index in [2.05, 4.69) is 10.6 Å². The molecule has 1 saturated heterocycles. The van der Waals surface area contributed by atoms with Crippen LogP contribution in [0.15, 0.2) is 30.3 Å². The zero-order chi connectivity index (χ0) is 17.4. The molecule has 0 saturated carbocycles. The number of piperazine rings is 1. The second-order valence-corrected chi connectivity index (χ2v) is 5.48. The Balaban J connectivity index is 1.70. The van der Waals surface area contributed by atoms with Gasteiger partial charge in [-0.3, -0.25) is 15.0 Å². The van der Waals surface area contributed by atoms with Crippen LogP contribution in [0.4, 0.5) is 15.3 Å². The van der Waals surface area contributed by atoms with Gasteiger partial charge in [0.15, 0.2) is 6.54 Å². The predicted molar refractivity (Wildman–Crippen MR) is 87.8 cm³/mol. The molecular formula is C16H23N4O4+. The van der Waals surface area contributed by atoms with Gasteiger partial charge in [-0.1, -0.05) is 18.2 Å². The van der Waals surface area contributed by atoms with Gasteiger partial charge >= 0.3 is 12.1 Å². The Labute approximate surface area is 140 Å². The monoisotopic (exact) mass is 335 g/mol. The Morgan fingerprint density at radius 3 is 2.46 bits per heavy atom. The number of hydrogen-bond donors (Lipinski definition) is 3. The average Bonchev–Trinajstić information content (AvgIpc) is 2.56. The van der Waals surface area contributed by atoms with Crippen LogP contribution in [0.1, 0.15) is 6.92 Å². The number of para-hydroxylation sites is 1. The van der Waals surface area contributed by atoms with E-state index >= 15 is 0 Å². The van der Waals surface area contributed by atoms with E-state index in [1.54, 1.807) is 36.1 Å². The van der Waals surface area contributed by atoms with Crippen molar-refractivity contribution in [3.8, 4) is 0 Å². The Bertz CT molecular complexity index is 571. The molecular weight excluding hydrogens is 312 g/mol. The highest BCUT2D eigenvalue weighted by Crippen LogP contribution is 2.03. The average molecular weight is 335 g/mol. The van der Waals surface area contributed by atoms with E-state index in [9.17, 15) is 14.4 Å². The molecule has 130 valence electrons. The van der Waals surface area contributed by atoms with Crippen LogP contribution in [0, 0.1) is 0 Å². The van der Waals surface area contributed by atoms with E-state index in [-0.39, 0.29) is 18.5 Å². The number of imide groups is 1. The summed E-state index contributed by atoms with van der Waals surface area (Å²) >= 11 is 0. The Hall–Kier alpha value is -2.61. The molecule has 3 N–H and O–H groups in total. The minimum Gasteiger partial charge on any atom is -0.450 e. The molecule has 0 aromatic heterocycles. The molecule has 1 aliphatic rings. The highest BCUT2D eigenvalue weighted by atomic mass is 16.6. The molecule has 1 fully saturated rings. The van der Waals surface area contributed by atoms with E-state index in [1.807, 2.05) is 6.07 Å². The van der Waals surface area contributed by atoms with Crippen molar-refractivity contribution >= 4 is 23.7 Å². The molecule has 1 aromatic rings. The number of nitrogens with one attached hydrogen (secondary N) is 3. The van der Waals surface area contributed by atoms with E-state index in [1.165, 1.54) is 0 Å². The molecule has 0 atom stereocenters. The zero-order valence-electron chi connectivity index (χ0n) is 13.7. The van der Waals surface area contributed by atoms with Crippen LogP contribution in [0.3, 0.4) is 0 Å². The van der Waals surface area contributed by atoms with Gasteiger partial charge in [0.2, 0.25) is 0 Å². The minimum absolute atomic E-state index is 0.193. The molecule has 1 aliphatic heterocycles. The van der Waals surface area contributed by atoms with Gasteiger partial charge in [0, 0.05) is 5.69 Å². The number of ether oxygens (including phenoxy) is 1. The van der Waals surface area contributed by atoms with E-state index in [0.29, 0.717) is 38.5 Å². The number of nitrogens with zero attached hydrogens (tertiary/aromatic N) is 1. The Morgan fingerprint density at radius 1 is 1.17 bits per heavy atom. The number of urea groups is 1. The lowest BCUT2D eigenvalue weighted by Crippen LogP contribution is -3.15. The van der Waals surface area contributed by atoms with Crippen LogP contribution in [0.5, 0.6) is 0 Å². The number of carbonyl (C=O) groups is 3. The highest BCUT2D eigenvalue weighted by molar-refractivity contribution is 6.01. The van der Waals surface area contributed by atoms with Crippen molar-refractivity contribution < 1.29 is 24.0 Å². The topological polar surface area (TPSA) is 92.2 Å². The van der Waals surface area contributed by atoms with Gasteiger partial charge in [0.25, 0.3) is 5.91 Å². The zero-order valence-corrected chi connectivity index (χ0v) is 13.7. The first kappa shape index (κ1) is 17.7. The van der Waals surface area contributed by atoms with Crippen LogP contribution in [-0.2, 0) is 9.53 Å². The summed E-state index contributed by atoms with van der Waals surface area (Å²) in [7, 11) is 0. The maximum Gasteiger partial charge on any atom is 0.410 e. The third-order valence-electron chi connectivity index (χ3n) is 3.69. The van der Waals surface area contributed by atoms with Crippen molar-refractivity contribution in [2.24, 2.45) is 0 Å². The number of rotatable bonds is 4. The Kier molecular flexibility index (Phi) is 6.56. The summed E-state index contributed by atoms with van der Waals surface area (Å²) in [4.78, 5) is 38.0. The molecule has 24 heavy (non-hydrogen) atoms. The predicted octanol–water partition coefficient (Wildman–Crippen LogP) is -0.308. The molecule has 0 unspecified atom stereocenters. The van der Waals surface area contributed by atoms with Crippen molar-refractivity contribution in [2.45, 2.75) is 6.92 Å². The third kappa shape index (κ3) is 5.54. The first-order valence-electron chi connectivity index (χ1n) is 7.99. The summed E-state index contributed by atoms with van der Waals surface area (Å²) < 4.78 is 4.95. The summed E-state index contributed by atoms with van der Waals surface area (Å²) in [6.07, 6.45) is -0.316. The van der Waals surface area contributed by atoms with Crippen molar-refractivity contribution in [1.82, 2.24) is 10.2 Å². The summed E-state index contributed by atoms with van der Waals surface area (Å²) in [5.74, 6) is -0.344. The summed E-state index contributed by atoms with van der Waals surface area (Å²) in [5.41, 5.74) is 0.623. The van der Waals surface area contributed by atoms with Crippen molar-refractivity contribution in [1.29, 1.82) is 0 Å². The first-order chi connectivity index (χ1) is 11.6. The number of hydrogen-bond acceptors (Lipinski definition) is 4. The van der Waals surface area contributed by atoms with Crippen LogP contribution < -0.4 is 15.5 Å². The van der Waals surface area contributed by atoms with Gasteiger partial charge in [-0.2, -0.15) is 0 Å². The highest BCUT2D eigenvalue weighted by Gasteiger charge is 2.26. The van der Waals surface area contributed by atoms with Crippen LogP contribution in [0.25, 0.3) is 0 Å². The standard InChI is InChI=1S/C16H22N4O4/c1-2-24-16(23)20-10-8-19(9-11-20)12-14(21)18-15(22)17-13-6-4-3-5-7-13/h3-7H,2,8-12H2,1H3,(H2,17,18,21,22)/p+1. The second kappa shape index (κ2) is 8.88. The number of amides is 4. The lowest BCUT2D eigenvalue weighted by Gasteiger charge is -2.31. The van der Waals surface area contributed by atoms with Crippen molar-refractivity contribution in [3.05, 3.63) is 30.3 Å². The largest absolute Gasteiger partial charge is 0.450 e. The summed E-state index contributed by atoms with van der Waals surface area (Å²) in [6, 6.07) is 8.37. The fraction of sp³-hybridized carbons (Fsp3) is 0.438. The Morgan fingerprint density at radius 2 is 1.83 bits per heavy atom. The second-order valence-electron chi connectivity index (χ2n) is 5.48. The molecule has 0 spiro atoms. The molecule has 2 rings (SSSR count). The van der Waals surface area contributed by atoms with Gasteiger partial charge in [0.05, 0.1) is 32.8 Å². The van der Waals surface area contributed by atoms with Gasteiger partial charge < -0.3 is 15.0 Å². The molecule has 4 amide bonds. The first-order valence-corrected chi connectivity index (χ1v) is 7.99. The van der Waals surface area contributed by atoms with Gasteiger partial charge in [0.1, 0.15) is 0 Å². The molecule has 0 bridgehead atoms. The van der Waals surface area contributed by atoms with Crippen LogP contribution in [0.2, 0.25) is 0 Å². The van der Waals surface area contributed by atoms with Crippen molar-refractivity contribution in [3.63, 3.8) is 0 Å². The van der Waals surface area contributed by atoms with Crippen LogP contribution >= 0.6 is 0 Å². The van der Waals surface area contributed by atoms with Crippen LogP contribution in [-0.4, -0.2) is 62.3 Å². The molecule has 0 radical (unpaired) electrons. The maximum atomic E-state index is 11.9. The summed E-state index contributed by atoms with van der Waals surface area (Å²) in [5, 5.41) is 4.91. The summed E-state index contributed by atoms with van der Waals surface area (Å²) in [6.45, 7) is 4.68. The van der Waals surface area contributed by atoms with Gasteiger partial charge in [-0.15, -0.1) is 0 Å². The maximum absolute atomic E-state index is 11.9. The molecule has 8 nitrogen and oxygen atoms in total. The lowest BCUT2D eigenvalue weighted by molar-refractivity contribution is -0.896. The smallest absolute Gasteiger partial charge is 0.410 e. The van der Waals surface area contributed by atoms with Crippen molar-refractivity contribution in [2.75, 3.05) is 44.6 Å². The fourth-order valence-corrected chi connectivity index (χ4v) is 2.48. The lowest BCUT2D eigenvalue weighted by atomic mass is 10.3. The number of anilines is 1. The minimum atomic E-state index is -0.546. The molecule has 8 heteroatoms. The van der Waals surface area contributed by atoms with Gasteiger partial charge in [-0.05, 0) is 19.1 Å². The number of carbonyl (C=O) groups excluding carboxylic acids is 3. The fourth-order valence-electron chi connectivity index (χ4n) is 2.48. The SMILES string of the molecule is CCOC(=O)N1CC[NH+](CC(=O)NC(=O)Nc2ccccc2)CC1. The molecule has 1 heterocycles. The quantitative estimate of drug-likeness (QED) is 0.704. The van der Waals surface area contributed by atoms with Gasteiger partial charge in [-0.25, -0.2) is 9.59 Å². The number of benzene rings is 1. The third-order valence-corrected chi connectivity index (χ3v) is 3.69. The molecule has 0 aliphatic carbocycles. The van der Waals surface area contributed by atoms with E-state index < -0.39 is 6.03 Å².